The van der Waals surface area contributed by atoms with Crippen molar-refractivity contribution in [2.24, 2.45) is 0 Å². The Morgan fingerprint density at radius 1 is 1.28 bits per heavy atom. The zero-order valence-corrected chi connectivity index (χ0v) is 12.9. The molecule has 1 N–H and O–H groups in total. The normalized spacial score (nSPS) is 17.4. The standard InChI is InChI=1S/C16H13F2N5O2/c17-11-2-1-9(5-12(11)18)15(24)22-4-3-10(7-22)23-14-13(21-16(23)25)6-19-8-20-14/h1-2,5-6,8,10H,3-4,7H2,(H,21,25)/t10-/m0/s1. The molecule has 1 amide bonds. The second-order valence-corrected chi connectivity index (χ2v) is 5.88. The maximum atomic E-state index is 13.3. The van der Waals surface area contributed by atoms with E-state index >= 15 is 0 Å². The predicted octanol–water partition coefficient (Wildman–Crippen LogP) is 1.49. The molecule has 0 saturated carbocycles. The number of amides is 1. The quantitative estimate of drug-likeness (QED) is 0.763. The van der Waals surface area contributed by atoms with Gasteiger partial charge >= 0.3 is 5.69 Å². The Bertz CT molecular complexity index is 1030. The third-order valence-corrected chi connectivity index (χ3v) is 4.36. The summed E-state index contributed by atoms with van der Waals surface area (Å²) in [5.74, 6) is -2.46. The van der Waals surface area contributed by atoms with Crippen molar-refractivity contribution in [2.75, 3.05) is 13.1 Å². The van der Waals surface area contributed by atoms with E-state index in [1.54, 1.807) is 0 Å². The van der Waals surface area contributed by atoms with Gasteiger partial charge in [0.1, 0.15) is 11.8 Å². The number of likely N-dealkylation sites (tertiary alicyclic amines) is 1. The summed E-state index contributed by atoms with van der Waals surface area (Å²) < 4.78 is 27.9. The highest BCUT2D eigenvalue weighted by Gasteiger charge is 2.30. The molecule has 0 spiro atoms. The van der Waals surface area contributed by atoms with Gasteiger partial charge in [-0.15, -0.1) is 0 Å². The first-order valence-electron chi connectivity index (χ1n) is 7.69. The Hall–Kier alpha value is -3.10. The van der Waals surface area contributed by atoms with Crippen LogP contribution in [0.15, 0.2) is 35.5 Å². The summed E-state index contributed by atoms with van der Waals surface area (Å²) in [6.07, 6.45) is 3.43. The van der Waals surface area contributed by atoms with Crippen LogP contribution >= 0.6 is 0 Å². The SMILES string of the molecule is O=C(c1ccc(F)c(F)c1)N1CC[C@H](n2c(=O)[nH]c3cncnc32)C1. The number of H-pyrrole nitrogens is 1. The number of aromatic amines is 1. The van der Waals surface area contributed by atoms with Crippen molar-refractivity contribution in [3.8, 4) is 0 Å². The lowest BCUT2D eigenvalue weighted by atomic mass is 10.2. The molecule has 1 saturated heterocycles. The second kappa shape index (κ2) is 5.76. The van der Waals surface area contributed by atoms with Crippen LogP contribution in [-0.4, -0.2) is 43.4 Å². The largest absolute Gasteiger partial charge is 0.336 e. The van der Waals surface area contributed by atoms with Gasteiger partial charge in [0.05, 0.1) is 12.2 Å². The Labute approximate surface area is 139 Å². The number of imidazole rings is 1. The minimum Gasteiger partial charge on any atom is -0.336 e. The number of halogens is 2. The van der Waals surface area contributed by atoms with E-state index in [2.05, 4.69) is 15.0 Å². The van der Waals surface area contributed by atoms with Gasteiger partial charge in [-0.1, -0.05) is 0 Å². The number of aromatic nitrogens is 4. The van der Waals surface area contributed by atoms with Crippen LogP contribution in [0.4, 0.5) is 8.78 Å². The molecule has 0 aliphatic carbocycles. The number of nitrogens with one attached hydrogen (secondary N) is 1. The summed E-state index contributed by atoms with van der Waals surface area (Å²) in [4.78, 5) is 36.9. The van der Waals surface area contributed by atoms with Crippen molar-refractivity contribution in [1.82, 2.24) is 24.4 Å². The first-order valence-corrected chi connectivity index (χ1v) is 7.69. The van der Waals surface area contributed by atoms with Crippen LogP contribution in [0.5, 0.6) is 0 Å². The summed E-state index contributed by atoms with van der Waals surface area (Å²) in [7, 11) is 0. The minimum atomic E-state index is -1.06. The lowest BCUT2D eigenvalue weighted by molar-refractivity contribution is 0.0787. The van der Waals surface area contributed by atoms with E-state index in [1.807, 2.05) is 0 Å². The number of nitrogens with zero attached hydrogens (tertiary/aromatic N) is 4. The topological polar surface area (TPSA) is 83.9 Å². The molecule has 7 nitrogen and oxygen atoms in total. The fraction of sp³-hybridized carbons (Fsp3) is 0.250. The van der Waals surface area contributed by atoms with E-state index in [4.69, 9.17) is 0 Å². The number of fused-ring (bicyclic) bond motifs is 1. The van der Waals surface area contributed by atoms with Gasteiger partial charge in [-0.2, -0.15) is 0 Å². The molecule has 3 heterocycles. The van der Waals surface area contributed by atoms with Crippen LogP contribution in [0, 0.1) is 11.6 Å². The van der Waals surface area contributed by atoms with Gasteiger partial charge in [0.15, 0.2) is 17.3 Å². The number of carbonyl (C=O) groups is 1. The van der Waals surface area contributed by atoms with Crippen LogP contribution in [0.25, 0.3) is 11.2 Å². The van der Waals surface area contributed by atoms with Gasteiger partial charge in [-0.05, 0) is 24.6 Å². The molecule has 0 unspecified atom stereocenters. The highest BCUT2D eigenvalue weighted by atomic mass is 19.2. The maximum Gasteiger partial charge on any atom is 0.328 e. The summed E-state index contributed by atoms with van der Waals surface area (Å²) in [5.41, 5.74) is 0.765. The van der Waals surface area contributed by atoms with E-state index in [1.165, 1.54) is 28.1 Å². The van der Waals surface area contributed by atoms with Crippen molar-refractivity contribution in [3.63, 3.8) is 0 Å². The lowest BCUT2D eigenvalue weighted by Crippen LogP contribution is -2.31. The molecule has 0 radical (unpaired) electrons. The summed E-state index contributed by atoms with van der Waals surface area (Å²) in [6, 6.07) is 2.82. The molecule has 128 valence electrons. The molecule has 4 rings (SSSR count). The Morgan fingerprint density at radius 3 is 2.92 bits per heavy atom. The Kier molecular flexibility index (Phi) is 3.56. The minimum absolute atomic E-state index is 0.0770. The molecule has 1 fully saturated rings. The molecule has 1 aliphatic heterocycles. The van der Waals surface area contributed by atoms with Gasteiger partial charge in [-0.3, -0.25) is 9.36 Å². The molecule has 1 aromatic carbocycles. The van der Waals surface area contributed by atoms with E-state index in [9.17, 15) is 18.4 Å². The van der Waals surface area contributed by atoms with Crippen molar-refractivity contribution >= 4 is 17.1 Å². The average molecular weight is 345 g/mol. The highest BCUT2D eigenvalue weighted by Crippen LogP contribution is 2.24. The zero-order chi connectivity index (χ0) is 17.6. The summed E-state index contributed by atoms with van der Waals surface area (Å²) >= 11 is 0. The number of carbonyl (C=O) groups excluding carboxylic acids is 1. The molecule has 3 aromatic rings. The van der Waals surface area contributed by atoms with E-state index < -0.39 is 17.5 Å². The Balaban J connectivity index is 1.60. The average Bonchev–Trinajstić information content (AvgIpc) is 3.20. The predicted molar refractivity (Wildman–Crippen MR) is 84.1 cm³/mol. The molecular weight excluding hydrogens is 332 g/mol. The van der Waals surface area contributed by atoms with E-state index in [0.29, 0.717) is 24.1 Å². The van der Waals surface area contributed by atoms with Crippen LogP contribution in [0.2, 0.25) is 0 Å². The number of hydrogen-bond acceptors (Lipinski definition) is 4. The number of rotatable bonds is 2. The molecule has 2 aromatic heterocycles. The first-order chi connectivity index (χ1) is 12.0. The third-order valence-electron chi connectivity index (χ3n) is 4.36. The van der Waals surface area contributed by atoms with Gasteiger partial charge in [-0.25, -0.2) is 23.5 Å². The van der Waals surface area contributed by atoms with Crippen molar-refractivity contribution < 1.29 is 13.6 Å². The lowest BCUT2D eigenvalue weighted by Gasteiger charge is -2.17. The van der Waals surface area contributed by atoms with E-state index in [-0.39, 0.29) is 23.8 Å². The van der Waals surface area contributed by atoms with Gasteiger partial charge < -0.3 is 9.88 Å². The smallest absolute Gasteiger partial charge is 0.328 e. The number of benzene rings is 1. The van der Waals surface area contributed by atoms with Gasteiger partial charge in [0, 0.05) is 18.7 Å². The molecular formula is C16H13F2N5O2. The first kappa shape index (κ1) is 15.4. The fourth-order valence-electron chi connectivity index (χ4n) is 3.16. The monoisotopic (exact) mass is 345 g/mol. The van der Waals surface area contributed by atoms with Crippen molar-refractivity contribution in [1.29, 1.82) is 0 Å². The summed E-state index contributed by atoms with van der Waals surface area (Å²) in [5, 5.41) is 0. The maximum absolute atomic E-state index is 13.3. The van der Waals surface area contributed by atoms with Crippen LogP contribution in [0.3, 0.4) is 0 Å². The van der Waals surface area contributed by atoms with Gasteiger partial charge in [0.25, 0.3) is 5.91 Å². The molecule has 1 atom stereocenters. The fourth-order valence-corrected chi connectivity index (χ4v) is 3.16. The van der Waals surface area contributed by atoms with E-state index in [0.717, 1.165) is 12.1 Å². The molecule has 0 bridgehead atoms. The molecule has 25 heavy (non-hydrogen) atoms. The third kappa shape index (κ3) is 2.57. The van der Waals surface area contributed by atoms with Crippen LogP contribution in [-0.2, 0) is 0 Å². The second-order valence-electron chi connectivity index (χ2n) is 5.88. The van der Waals surface area contributed by atoms with Crippen LogP contribution in [0.1, 0.15) is 22.8 Å². The van der Waals surface area contributed by atoms with Crippen LogP contribution < -0.4 is 5.69 Å². The van der Waals surface area contributed by atoms with Gasteiger partial charge in [0.2, 0.25) is 0 Å². The zero-order valence-electron chi connectivity index (χ0n) is 12.9. The number of hydrogen-bond donors (Lipinski definition) is 1. The highest BCUT2D eigenvalue weighted by molar-refractivity contribution is 5.94. The molecule has 9 heteroatoms. The molecule has 1 aliphatic rings. The Morgan fingerprint density at radius 2 is 2.12 bits per heavy atom. The summed E-state index contributed by atoms with van der Waals surface area (Å²) in [6.45, 7) is 0.696. The van der Waals surface area contributed by atoms with Crippen molar-refractivity contribution in [3.05, 3.63) is 58.4 Å². The van der Waals surface area contributed by atoms with Crippen molar-refractivity contribution in [2.45, 2.75) is 12.5 Å².